The van der Waals surface area contributed by atoms with Crippen molar-refractivity contribution in [1.82, 2.24) is 4.90 Å². The van der Waals surface area contributed by atoms with Crippen molar-refractivity contribution in [2.45, 2.75) is 19.3 Å². The molecular formula is C30H34ClNO3. The topological polar surface area (TPSA) is 52.9 Å². The van der Waals surface area contributed by atoms with E-state index in [9.17, 15) is 10.2 Å². The molecule has 5 heteroatoms. The minimum atomic E-state index is 0. The Hall–Kier alpha value is -2.79. The lowest BCUT2D eigenvalue weighted by Crippen LogP contribution is -2.27. The Morgan fingerprint density at radius 2 is 1.46 bits per heavy atom. The van der Waals surface area contributed by atoms with Crippen LogP contribution in [0.4, 0.5) is 0 Å². The van der Waals surface area contributed by atoms with Gasteiger partial charge in [0.2, 0.25) is 0 Å². The van der Waals surface area contributed by atoms with Crippen LogP contribution in [0.2, 0.25) is 0 Å². The fourth-order valence-corrected chi connectivity index (χ4v) is 5.14. The number of likely N-dealkylation sites (tertiary alicyclic amines) is 1. The molecule has 2 unspecified atom stereocenters. The molecule has 1 aliphatic heterocycles. The van der Waals surface area contributed by atoms with Crippen LogP contribution in [0.25, 0.3) is 11.1 Å². The molecule has 2 N–H and O–H groups in total. The summed E-state index contributed by atoms with van der Waals surface area (Å²) in [5.74, 6) is 3.04. The van der Waals surface area contributed by atoms with Crippen molar-refractivity contribution in [1.29, 1.82) is 0 Å². The van der Waals surface area contributed by atoms with Crippen LogP contribution in [0.5, 0.6) is 11.5 Å². The van der Waals surface area contributed by atoms with Gasteiger partial charge in [-0.25, -0.2) is 0 Å². The van der Waals surface area contributed by atoms with Gasteiger partial charge in [0, 0.05) is 26.2 Å². The maximum absolute atomic E-state index is 9.85. The van der Waals surface area contributed by atoms with Crippen LogP contribution >= 0.6 is 12.4 Å². The summed E-state index contributed by atoms with van der Waals surface area (Å²) in [6.07, 6.45) is 2.87. The molecule has 0 aromatic heterocycles. The molecule has 35 heavy (non-hydrogen) atoms. The van der Waals surface area contributed by atoms with Crippen molar-refractivity contribution in [3.63, 3.8) is 0 Å². The summed E-state index contributed by atoms with van der Waals surface area (Å²) >= 11 is 0. The second-order valence-corrected chi connectivity index (χ2v) is 9.48. The summed E-state index contributed by atoms with van der Waals surface area (Å²) in [4.78, 5) is 2.52. The molecule has 0 radical (unpaired) electrons. The van der Waals surface area contributed by atoms with Gasteiger partial charge < -0.3 is 14.9 Å². The van der Waals surface area contributed by atoms with Crippen LogP contribution < -0.4 is 4.74 Å². The number of ether oxygens (including phenoxy) is 1. The standard InChI is InChI=1S/C30H33NO3.ClH/c32-17-4-7-29(22-5-2-1-3-6-22)30(23-8-12-27(33)13-9-23)24-10-14-28(15-11-24)34-18-16-31-20-25-19-26(25)21-31;/h1-3,5-6,8-15,25-26,32-33H,4,7,16-21H2;1H/b30-29-;. The van der Waals surface area contributed by atoms with Crippen LogP contribution in [-0.2, 0) is 0 Å². The predicted octanol–water partition coefficient (Wildman–Crippen LogP) is 5.88. The highest BCUT2D eigenvalue weighted by atomic mass is 35.5. The number of hydrogen-bond donors (Lipinski definition) is 2. The maximum Gasteiger partial charge on any atom is 0.119 e. The first kappa shape index (κ1) is 25.3. The number of piperidine rings is 1. The summed E-state index contributed by atoms with van der Waals surface area (Å²) in [6.45, 7) is 4.33. The molecule has 0 amide bonds. The van der Waals surface area contributed by atoms with Crippen molar-refractivity contribution in [2.75, 3.05) is 32.8 Å². The molecule has 3 aromatic rings. The van der Waals surface area contributed by atoms with Crippen molar-refractivity contribution >= 4 is 23.6 Å². The number of phenols is 1. The van der Waals surface area contributed by atoms with Crippen LogP contribution in [0.3, 0.4) is 0 Å². The number of phenolic OH excluding ortho intramolecular Hbond substituents is 1. The number of nitrogens with zero attached hydrogens (tertiary/aromatic N) is 1. The highest BCUT2D eigenvalue weighted by Gasteiger charge is 2.44. The molecule has 5 rings (SSSR count). The van der Waals surface area contributed by atoms with E-state index < -0.39 is 0 Å². The number of aliphatic hydroxyl groups excluding tert-OH is 1. The van der Waals surface area contributed by atoms with Crippen LogP contribution in [0, 0.1) is 11.8 Å². The van der Waals surface area contributed by atoms with Gasteiger partial charge in [-0.3, -0.25) is 4.90 Å². The molecule has 1 heterocycles. The van der Waals surface area contributed by atoms with Crippen molar-refractivity contribution in [3.05, 3.63) is 95.6 Å². The first-order chi connectivity index (χ1) is 16.7. The quantitative estimate of drug-likeness (QED) is 0.348. The van der Waals surface area contributed by atoms with E-state index in [0.717, 1.165) is 52.8 Å². The van der Waals surface area contributed by atoms with Gasteiger partial charge in [-0.15, -0.1) is 12.4 Å². The zero-order valence-electron chi connectivity index (χ0n) is 20.0. The maximum atomic E-state index is 9.85. The van der Waals surface area contributed by atoms with E-state index in [4.69, 9.17) is 4.74 Å². The Balaban J connectivity index is 0.00000289. The smallest absolute Gasteiger partial charge is 0.119 e. The minimum Gasteiger partial charge on any atom is -0.508 e. The number of aliphatic hydroxyl groups is 1. The summed E-state index contributed by atoms with van der Waals surface area (Å²) in [5.41, 5.74) is 5.57. The first-order valence-electron chi connectivity index (χ1n) is 12.4. The van der Waals surface area contributed by atoms with E-state index in [0.29, 0.717) is 13.0 Å². The van der Waals surface area contributed by atoms with Crippen LogP contribution in [0.1, 0.15) is 36.0 Å². The summed E-state index contributed by atoms with van der Waals surface area (Å²) < 4.78 is 6.06. The summed E-state index contributed by atoms with van der Waals surface area (Å²) in [6, 6.07) is 26.0. The zero-order chi connectivity index (χ0) is 23.3. The molecule has 0 bridgehead atoms. The van der Waals surface area contributed by atoms with E-state index in [2.05, 4.69) is 29.2 Å². The number of benzene rings is 3. The van der Waals surface area contributed by atoms with Gasteiger partial charge in [0.25, 0.3) is 0 Å². The molecule has 4 nitrogen and oxygen atoms in total. The third-order valence-corrected chi connectivity index (χ3v) is 7.04. The Morgan fingerprint density at radius 3 is 2.09 bits per heavy atom. The van der Waals surface area contributed by atoms with Crippen LogP contribution in [0.15, 0.2) is 78.9 Å². The normalized spacial score (nSPS) is 19.5. The first-order valence-corrected chi connectivity index (χ1v) is 12.4. The van der Waals surface area contributed by atoms with Crippen molar-refractivity contribution in [3.8, 4) is 11.5 Å². The molecule has 1 saturated carbocycles. The molecule has 3 aromatic carbocycles. The number of fused-ring (bicyclic) bond motifs is 1. The van der Waals surface area contributed by atoms with Gasteiger partial charge in [0.05, 0.1) is 0 Å². The van der Waals surface area contributed by atoms with E-state index in [1.54, 1.807) is 12.1 Å². The number of aromatic hydroxyl groups is 1. The predicted molar refractivity (Wildman–Crippen MR) is 144 cm³/mol. The molecule has 0 spiro atoms. The molecule has 1 saturated heterocycles. The largest absolute Gasteiger partial charge is 0.508 e. The fourth-order valence-electron chi connectivity index (χ4n) is 5.14. The molecule has 1 aliphatic carbocycles. The SMILES string of the molecule is Cl.OCCC/C(=C(\c1ccc(O)cc1)c1ccc(OCCN2CC3CC3C2)cc1)c1ccccc1. The molecule has 2 fully saturated rings. The molecular weight excluding hydrogens is 458 g/mol. The lowest BCUT2D eigenvalue weighted by atomic mass is 9.87. The second-order valence-electron chi connectivity index (χ2n) is 9.48. The Morgan fingerprint density at radius 1 is 0.829 bits per heavy atom. The Kier molecular flexibility index (Phi) is 8.50. The lowest BCUT2D eigenvalue weighted by molar-refractivity contribution is 0.224. The molecule has 184 valence electrons. The van der Waals surface area contributed by atoms with E-state index in [-0.39, 0.29) is 24.8 Å². The van der Waals surface area contributed by atoms with Gasteiger partial charge >= 0.3 is 0 Å². The molecule has 2 atom stereocenters. The van der Waals surface area contributed by atoms with E-state index in [1.165, 1.54) is 25.1 Å². The Labute approximate surface area is 214 Å². The van der Waals surface area contributed by atoms with E-state index in [1.807, 2.05) is 42.5 Å². The Bertz CT molecular complexity index is 1100. The highest BCUT2D eigenvalue weighted by Crippen LogP contribution is 2.44. The van der Waals surface area contributed by atoms with Gasteiger partial charge in [-0.05, 0) is 83.2 Å². The third-order valence-electron chi connectivity index (χ3n) is 7.04. The second kappa shape index (κ2) is 11.8. The van der Waals surface area contributed by atoms with Gasteiger partial charge in [-0.2, -0.15) is 0 Å². The minimum absolute atomic E-state index is 0. The third kappa shape index (κ3) is 6.26. The van der Waals surface area contributed by atoms with E-state index >= 15 is 0 Å². The zero-order valence-corrected chi connectivity index (χ0v) is 20.8. The fraction of sp³-hybridized carbons (Fsp3) is 0.333. The molecule has 2 aliphatic rings. The van der Waals surface area contributed by atoms with Crippen LogP contribution in [-0.4, -0.2) is 48.0 Å². The highest BCUT2D eigenvalue weighted by molar-refractivity contribution is 5.98. The lowest BCUT2D eigenvalue weighted by Gasteiger charge is -2.19. The monoisotopic (exact) mass is 491 g/mol. The van der Waals surface area contributed by atoms with Gasteiger partial charge in [-0.1, -0.05) is 54.6 Å². The number of halogens is 1. The number of allylic oxidation sites excluding steroid dienone is 1. The average Bonchev–Trinajstić information content (AvgIpc) is 3.49. The summed E-state index contributed by atoms with van der Waals surface area (Å²) in [7, 11) is 0. The van der Waals surface area contributed by atoms with Crippen molar-refractivity contribution < 1.29 is 14.9 Å². The van der Waals surface area contributed by atoms with Gasteiger partial charge in [0.15, 0.2) is 0 Å². The summed E-state index contributed by atoms with van der Waals surface area (Å²) in [5, 5.41) is 19.4. The number of rotatable bonds is 10. The number of hydrogen-bond acceptors (Lipinski definition) is 4. The van der Waals surface area contributed by atoms with Crippen molar-refractivity contribution in [2.24, 2.45) is 11.8 Å². The average molecular weight is 492 g/mol. The van der Waals surface area contributed by atoms with Gasteiger partial charge in [0.1, 0.15) is 18.1 Å².